The Morgan fingerprint density at radius 1 is 1.42 bits per heavy atom. The molecule has 12 heavy (non-hydrogen) atoms. The fourth-order valence-electron chi connectivity index (χ4n) is 1.17. The van der Waals surface area contributed by atoms with E-state index >= 15 is 0 Å². The summed E-state index contributed by atoms with van der Waals surface area (Å²) in [6.45, 7) is 7.10. The topological polar surface area (TPSA) is 9.23 Å². The monoisotopic (exact) mass is 166 g/mol. The lowest BCUT2D eigenvalue weighted by molar-refractivity contribution is -0.000695. The van der Waals surface area contributed by atoms with Gasteiger partial charge in [-0.15, -0.1) is 0 Å². The minimum atomic E-state index is 0.00286. The van der Waals surface area contributed by atoms with Crippen molar-refractivity contribution < 1.29 is 4.74 Å². The summed E-state index contributed by atoms with van der Waals surface area (Å²) >= 11 is 0. The lowest BCUT2D eigenvalue weighted by Crippen LogP contribution is -2.19. The molecule has 0 radical (unpaired) electrons. The molecular formula is C11H18O. The fourth-order valence-corrected chi connectivity index (χ4v) is 1.17. The molecule has 0 atom stereocenters. The first-order valence-corrected chi connectivity index (χ1v) is 4.57. The lowest BCUT2D eigenvalue weighted by atomic mass is 10.2. The molecule has 1 aliphatic carbocycles. The fraction of sp³-hybridized carbons (Fsp3) is 0.636. The third-order valence-electron chi connectivity index (χ3n) is 1.77. The van der Waals surface area contributed by atoms with Gasteiger partial charge in [-0.3, -0.25) is 0 Å². The Labute approximate surface area is 75.1 Å². The van der Waals surface area contributed by atoms with Crippen LogP contribution >= 0.6 is 0 Å². The Kier molecular flexibility index (Phi) is 3.10. The van der Waals surface area contributed by atoms with Crippen LogP contribution in [0.3, 0.4) is 0 Å². The summed E-state index contributed by atoms with van der Waals surface area (Å²) in [4.78, 5) is 0. The predicted molar refractivity (Wildman–Crippen MR) is 52.2 cm³/mol. The van der Waals surface area contributed by atoms with E-state index in [4.69, 9.17) is 4.74 Å². The van der Waals surface area contributed by atoms with Gasteiger partial charge in [0.15, 0.2) is 0 Å². The van der Waals surface area contributed by atoms with Crippen LogP contribution in [0.25, 0.3) is 0 Å². The van der Waals surface area contributed by atoms with E-state index in [1.807, 2.05) is 0 Å². The smallest absolute Gasteiger partial charge is 0.0598 e. The maximum Gasteiger partial charge on any atom is 0.0598 e. The Morgan fingerprint density at radius 3 is 2.67 bits per heavy atom. The number of rotatable bonds is 3. The highest BCUT2D eigenvalue weighted by molar-refractivity contribution is 5.25. The highest BCUT2D eigenvalue weighted by Gasteiger charge is 2.09. The van der Waals surface area contributed by atoms with Crippen molar-refractivity contribution in [1.29, 1.82) is 0 Å². The Hall–Kier alpha value is -0.560. The van der Waals surface area contributed by atoms with E-state index in [0.717, 1.165) is 19.4 Å². The molecule has 68 valence electrons. The van der Waals surface area contributed by atoms with E-state index in [2.05, 4.69) is 39.0 Å². The molecule has 0 saturated carbocycles. The molecule has 0 N–H and O–H groups in total. The lowest BCUT2D eigenvalue weighted by Gasteiger charge is -2.19. The second-order valence-corrected chi connectivity index (χ2v) is 4.13. The summed E-state index contributed by atoms with van der Waals surface area (Å²) in [6.07, 6.45) is 8.78. The average Bonchev–Trinajstić information content (AvgIpc) is 2.36. The van der Waals surface area contributed by atoms with Gasteiger partial charge in [0.05, 0.1) is 12.2 Å². The van der Waals surface area contributed by atoms with Crippen molar-refractivity contribution in [2.24, 2.45) is 0 Å². The van der Waals surface area contributed by atoms with Gasteiger partial charge in [-0.2, -0.15) is 0 Å². The van der Waals surface area contributed by atoms with Crippen molar-refractivity contribution in [3.8, 4) is 0 Å². The van der Waals surface area contributed by atoms with E-state index in [-0.39, 0.29) is 5.60 Å². The van der Waals surface area contributed by atoms with E-state index in [1.54, 1.807) is 0 Å². The summed E-state index contributed by atoms with van der Waals surface area (Å²) in [7, 11) is 0. The summed E-state index contributed by atoms with van der Waals surface area (Å²) in [6, 6.07) is 0. The van der Waals surface area contributed by atoms with Gasteiger partial charge >= 0.3 is 0 Å². The molecule has 0 aromatic rings. The normalized spacial score (nSPS) is 16.8. The minimum absolute atomic E-state index is 0.00286. The standard InChI is InChI=1S/C11H18O/c1-11(2,3)12-9-8-10-6-4-5-7-10/h4,6-7H,5,8-9H2,1-3H3. The molecule has 0 unspecified atom stereocenters. The van der Waals surface area contributed by atoms with Crippen LogP contribution in [0.1, 0.15) is 33.6 Å². The highest BCUT2D eigenvalue weighted by Crippen LogP contribution is 2.14. The molecule has 0 bridgehead atoms. The van der Waals surface area contributed by atoms with Gasteiger partial charge in [-0.1, -0.05) is 18.2 Å². The first kappa shape index (κ1) is 9.53. The number of ether oxygens (including phenoxy) is 1. The predicted octanol–water partition coefficient (Wildman–Crippen LogP) is 3.08. The summed E-state index contributed by atoms with van der Waals surface area (Å²) < 4.78 is 5.62. The van der Waals surface area contributed by atoms with Gasteiger partial charge < -0.3 is 4.74 Å². The van der Waals surface area contributed by atoms with Gasteiger partial charge in [0.25, 0.3) is 0 Å². The molecule has 1 heteroatoms. The second-order valence-electron chi connectivity index (χ2n) is 4.13. The van der Waals surface area contributed by atoms with Crippen LogP contribution in [0.4, 0.5) is 0 Å². The Balaban J connectivity index is 2.14. The maximum absolute atomic E-state index is 5.62. The van der Waals surface area contributed by atoms with Crippen molar-refractivity contribution in [2.75, 3.05) is 6.61 Å². The number of hydrogen-bond acceptors (Lipinski definition) is 1. The van der Waals surface area contributed by atoms with Gasteiger partial charge in [-0.25, -0.2) is 0 Å². The average molecular weight is 166 g/mol. The molecule has 0 heterocycles. The van der Waals surface area contributed by atoms with Crippen LogP contribution in [-0.4, -0.2) is 12.2 Å². The third kappa shape index (κ3) is 3.72. The SMILES string of the molecule is CC(C)(C)OCCC1=CCC=C1. The molecular weight excluding hydrogens is 148 g/mol. The second kappa shape index (κ2) is 3.90. The quantitative estimate of drug-likeness (QED) is 0.626. The van der Waals surface area contributed by atoms with Crippen molar-refractivity contribution in [2.45, 2.75) is 39.2 Å². The van der Waals surface area contributed by atoms with E-state index in [1.165, 1.54) is 5.57 Å². The summed E-state index contributed by atoms with van der Waals surface area (Å²) in [5, 5.41) is 0. The van der Waals surface area contributed by atoms with E-state index in [0.29, 0.717) is 0 Å². The largest absolute Gasteiger partial charge is 0.376 e. The molecule has 0 amide bonds. The molecule has 0 aromatic heterocycles. The molecule has 0 fully saturated rings. The third-order valence-corrected chi connectivity index (χ3v) is 1.77. The van der Waals surface area contributed by atoms with E-state index < -0.39 is 0 Å². The number of hydrogen-bond donors (Lipinski definition) is 0. The summed E-state index contributed by atoms with van der Waals surface area (Å²) in [5.41, 5.74) is 1.42. The van der Waals surface area contributed by atoms with Crippen molar-refractivity contribution >= 4 is 0 Å². The van der Waals surface area contributed by atoms with Crippen LogP contribution in [-0.2, 0) is 4.74 Å². The minimum Gasteiger partial charge on any atom is -0.376 e. The van der Waals surface area contributed by atoms with Crippen LogP contribution < -0.4 is 0 Å². The molecule has 0 spiro atoms. The van der Waals surface area contributed by atoms with Crippen LogP contribution in [0.2, 0.25) is 0 Å². The van der Waals surface area contributed by atoms with Crippen molar-refractivity contribution in [3.05, 3.63) is 23.8 Å². The van der Waals surface area contributed by atoms with Crippen LogP contribution in [0.5, 0.6) is 0 Å². The van der Waals surface area contributed by atoms with Gasteiger partial charge in [0.1, 0.15) is 0 Å². The van der Waals surface area contributed by atoms with Gasteiger partial charge in [0.2, 0.25) is 0 Å². The van der Waals surface area contributed by atoms with Crippen molar-refractivity contribution in [1.82, 2.24) is 0 Å². The Bertz CT molecular complexity index is 194. The van der Waals surface area contributed by atoms with Crippen molar-refractivity contribution in [3.63, 3.8) is 0 Å². The maximum atomic E-state index is 5.62. The zero-order valence-corrected chi connectivity index (χ0v) is 8.26. The first-order chi connectivity index (χ1) is 5.58. The van der Waals surface area contributed by atoms with Gasteiger partial charge in [0, 0.05) is 0 Å². The molecule has 1 rings (SSSR count). The first-order valence-electron chi connectivity index (χ1n) is 4.57. The van der Waals surface area contributed by atoms with Crippen LogP contribution in [0, 0.1) is 0 Å². The molecule has 1 aliphatic rings. The van der Waals surface area contributed by atoms with E-state index in [9.17, 15) is 0 Å². The zero-order valence-electron chi connectivity index (χ0n) is 8.26. The molecule has 0 aromatic carbocycles. The van der Waals surface area contributed by atoms with Gasteiger partial charge in [-0.05, 0) is 39.2 Å². The van der Waals surface area contributed by atoms with Crippen LogP contribution in [0.15, 0.2) is 23.8 Å². The number of allylic oxidation sites excluding steroid dienone is 3. The Morgan fingerprint density at radius 2 is 2.17 bits per heavy atom. The molecule has 0 aliphatic heterocycles. The summed E-state index contributed by atoms with van der Waals surface area (Å²) in [5.74, 6) is 0. The highest BCUT2D eigenvalue weighted by atomic mass is 16.5. The molecule has 0 saturated heterocycles. The zero-order chi connectivity index (χ0) is 9.03. The molecule has 1 nitrogen and oxygen atoms in total.